The Morgan fingerprint density at radius 1 is 1.50 bits per heavy atom. The van der Waals surface area contributed by atoms with Gasteiger partial charge in [0.15, 0.2) is 16.9 Å². The van der Waals surface area contributed by atoms with Crippen molar-refractivity contribution in [3.63, 3.8) is 0 Å². The number of hydrogen-bond donors (Lipinski definition) is 4. The fourth-order valence-corrected chi connectivity index (χ4v) is 4.66. The van der Waals surface area contributed by atoms with Crippen molar-refractivity contribution in [2.24, 2.45) is 5.16 Å². The molecule has 0 bridgehead atoms. The predicted octanol–water partition coefficient (Wildman–Crippen LogP) is -0.950. The van der Waals surface area contributed by atoms with Gasteiger partial charge in [-0.1, -0.05) is 5.16 Å². The summed E-state index contributed by atoms with van der Waals surface area (Å²) in [5, 5.41) is 19.2. The molecular formula is C17H19N5O8S2. The molecule has 0 aromatic carbocycles. The van der Waals surface area contributed by atoms with Crippen molar-refractivity contribution in [1.29, 1.82) is 0 Å². The molecule has 2 aliphatic heterocycles. The number of methoxy groups -OCH3 is 1. The van der Waals surface area contributed by atoms with Gasteiger partial charge in [-0.15, -0.1) is 23.1 Å². The number of carboxylic acids is 1. The Kier molecular flexibility index (Phi) is 7.19. The van der Waals surface area contributed by atoms with Crippen LogP contribution in [0.3, 0.4) is 0 Å². The first kappa shape index (κ1) is 23.3. The minimum absolute atomic E-state index is 0.0291. The lowest BCUT2D eigenvalue weighted by molar-refractivity contribution is -0.146. The number of carbonyl (C=O) groups is 4. The number of carboxylic acid groups (broad SMARTS) is 1. The Morgan fingerprint density at radius 3 is 2.88 bits per heavy atom. The number of aliphatic carboxylic acids is 1. The Balaban J connectivity index is 1.79. The van der Waals surface area contributed by atoms with E-state index in [4.69, 9.17) is 15.3 Å². The molecular weight excluding hydrogens is 466 g/mol. The number of aromatic nitrogens is 1. The molecule has 32 heavy (non-hydrogen) atoms. The Labute approximate surface area is 189 Å². The lowest BCUT2D eigenvalue weighted by Crippen LogP contribution is -2.55. The van der Waals surface area contributed by atoms with Crippen LogP contribution in [0.1, 0.15) is 12.6 Å². The normalized spacial score (nSPS) is 21.2. The summed E-state index contributed by atoms with van der Waals surface area (Å²) in [6.45, 7) is 1.14. The van der Waals surface area contributed by atoms with E-state index in [-0.39, 0.29) is 22.2 Å². The van der Waals surface area contributed by atoms with Crippen LogP contribution in [0.25, 0.3) is 0 Å². The molecule has 0 fully saturated rings. The van der Waals surface area contributed by atoms with E-state index >= 15 is 0 Å². The second-order valence-electron chi connectivity index (χ2n) is 6.47. The first-order valence-corrected chi connectivity index (χ1v) is 11.0. The summed E-state index contributed by atoms with van der Waals surface area (Å²) >= 11 is 2.22. The largest absolute Gasteiger partial charge is 0.480 e. The number of nitrogens with two attached hydrogens (primary N) is 1. The zero-order valence-corrected chi connectivity index (χ0v) is 18.4. The third-order valence-corrected chi connectivity index (χ3v) is 6.31. The summed E-state index contributed by atoms with van der Waals surface area (Å²) in [6.07, 6.45) is -0.405. The van der Waals surface area contributed by atoms with Gasteiger partial charge in [0.25, 0.3) is 5.91 Å². The van der Waals surface area contributed by atoms with Crippen LogP contribution in [-0.2, 0) is 33.5 Å². The van der Waals surface area contributed by atoms with Crippen LogP contribution < -0.4 is 16.4 Å². The lowest BCUT2D eigenvalue weighted by Gasteiger charge is -2.29. The van der Waals surface area contributed by atoms with Crippen molar-refractivity contribution in [2.75, 3.05) is 25.2 Å². The van der Waals surface area contributed by atoms with Gasteiger partial charge in [0.05, 0.1) is 7.11 Å². The van der Waals surface area contributed by atoms with Gasteiger partial charge in [0.2, 0.25) is 6.61 Å². The van der Waals surface area contributed by atoms with E-state index < -0.39 is 47.9 Å². The number of oxime groups is 1. The topological polar surface area (TPSA) is 192 Å². The molecule has 0 aliphatic carbocycles. The van der Waals surface area contributed by atoms with Gasteiger partial charge in [-0.2, -0.15) is 0 Å². The maximum Gasteiger partial charge on any atom is 0.355 e. The predicted molar refractivity (Wildman–Crippen MR) is 113 cm³/mol. The summed E-state index contributed by atoms with van der Waals surface area (Å²) in [5.41, 5.74) is 6.17. The number of nitrogens with one attached hydrogen (secondary N) is 2. The van der Waals surface area contributed by atoms with Crippen LogP contribution in [0.4, 0.5) is 5.13 Å². The number of carbonyl (C=O) groups excluding carboxylic acids is 3. The molecule has 13 nitrogen and oxygen atoms in total. The summed E-state index contributed by atoms with van der Waals surface area (Å²) in [6, 6.07) is -1.45. The highest BCUT2D eigenvalue weighted by Crippen LogP contribution is 2.32. The van der Waals surface area contributed by atoms with Crippen molar-refractivity contribution in [1.82, 2.24) is 15.6 Å². The minimum atomic E-state index is -1.45. The fourth-order valence-electron chi connectivity index (χ4n) is 2.80. The van der Waals surface area contributed by atoms with Crippen molar-refractivity contribution >= 4 is 57.8 Å². The van der Waals surface area contributed by atoms with E-state index in [0.29, 0.717) is 5.75 Å². The van der Waals surface area contributed by atoms with Crippen LogP contribution in [-0.4, -0.2) is 76.6 Å². The van der Waals surface area contributed by atoms with Gasteiger partial charge < -0.3 is 35.8 Å². The third kappa shape index (κ3) is 5.11. The average Bonchev–Trinajstić information content (AvgIpc) is 3.31. The first-order chi connectivity index (χ1) is 15.2. The lowest BCUT2D eigenvalue weighted by atomic mass is 10.1. The maximum absolute atomic E-state index is 12.9. The number of cyclic esters (lactones) is 1. The molecule has 3 rings (SSSR count). The molecule has 0 saturated heterocycles. The van der Waals surface area contributed by atoms with Gasteiger partial charge in [-0.3, -0.25) is 4.79 Å². The van der Waals surface area contributed by atoms with Gasteiger partial charge in [-0.25, -0.2) is 19.4 Å². The molecule has 1 amide bonds. The molecule has 1 aromatic heterocycles. The van der Waals surface area contributed by atoms with Gasteiger partial charge in [-0.05, 0) is 6.92 Å². The maximum atomic E-state index is 12.9. The number of esters is 2. The SMILES string of the molecule is COC(=O)CO/N=C(\C(=O)NC(C(=O)O)[C@@H]1NC2=C(CS1)C(C)OC2=O)c1csc(N)n1. The molecule has 15 heteroatoms. The van der Waals surface area contributed by atoms with Crippen LogP contribution >= 0.6 is 23.1 Å². The number of amides is 1. The molecule has 0 radical (unpaired) electrons. The number of nitrogens with zero attached hydrogens (tertiary/aromatic N) is 2. The number of thiazole rings is 1. The molecule has 2 aliphatic rings. The van der Waals surface area contributed by atoms with Crippen LogP contribution in [0.2, 0.25) is 0 Å². The van der Waals surface area contributed by atoms with Crippen LogP contribution in [0, 0.1) is 0 Å². The van der Waals surface area contributed by atoms with Crippen LogP contribution in [0.15, 0.2) is 21.8 Å². The highest BCUT2D eigenvalue weighted by Gasteiger charge is 2.41. The third-order valence-electron chi connectivity index (χ3n) is 4.41. The Morgan fingerprint density at radius 2 is 2.25 bits per heavy atom. The second kappa shape index (κ2) is 9.86. The standard InChI is InChI=1S/C17H19N5O8S2/c1-6-7-4-31-14(21-10(7)16(27)30-6)12(15(25)26)20-13(24)11(8-5-32-17(18)19-8)22-29-3-9(23)28-2/h5-6,12,14,21H,3-4H2,1-2H3,(H2,18,19)(H,20,24)(H,25,26)/b22-11-/t6?,12?,14-/m1/s1. The second-order valence-corrected chi connectivity index (χ2v) is 8.49. The molecule has 3 atom stereocenters. The summed E-state index contributed by atoms with van der Waals surface area (Å²) in [5.74, 6) is -3.24. The average molecular weight is 486 g/mol. The molecule has 0 spiro atoms. The fraction of sp³-hybridized carbons (Fsp3) is 0.412. The Hall–Kier alpha value is -3.33. The molecule has 3 heterocycles. The number of hydrogen-bond acceptors (Lipinski definition) is 13. The summed E-state index contributed by atoms with van der Waals surface area (Å²) < 4.78 is 9.56. The quantitative estimate of drug-likeness (QED) is 0.201. The zero-order valence-electron chi connectivity index (χ0n) is 16.8. The van der Waals surface area contributed by atoms with Crippen molar-refractivity contribution in [3.8, 4) is 0 Å². The summed E-state index contributed by atoms with van der Waals surface area (Å²) in [7, 11) is 1.15. The first-order valence-electron chi connectivity index (χ1n) is 9.05. The molecule has 5 N–H and O–H groups in total. The van der Waals surface area contributed by atoms with Crippen molar-refractivity contribution in [3.05, 3.63) is 22.3 Å². The van der Waals surface area contributed by atoms with Crippen molar-refractivity contribution in [2.45, 2.75) is 24.4 Å². The van der Waals surface area contributed by atoms with E-state index in [0.717, 1.165) is 24.0 Å². The van der Waals surface area contributed by atoms with E-state index in [9.17, 15) is 24.3 Å². The number of thioether (sulfide) groups is 1. The van der Waals surface area contributed by atoms with E-state index in [1.165, 1.54) is 17.1 Å². The van der Waals surface area contributed by atoms with Crippen LogP contribution in [0.5, 0.6) is 0 Å². The van der Waals surface area contributed by atoms with Gasteiger partial charge in [0, 0.05) is 16.7 Å². The highest BCUT2D eigenvalue weighted by atomic mass is 32.2. The monoisotopic (exact) mass is 485 g/mol. The molecule has 2 unspecified atom stereocenters. The number of anilines is 1. The van der Waals surface area contributed by atoms with E-state index in [1.54, 1.807) is 6.92 Å². The smallest absolute Gasteiger partial charge is 0.355 e. The van der Waals surface area contributed by atoms with Gasteiger partial charge in [0.1, 0.15) is 22.9 Å². The number of nitrogen functional groups attached to an aromatic ring is 1. The van der Waals surface area contributed by atoms with E-state index in [1.807, 2.05) is 0 Å². The van der Waals surface area contributed by atoms with Gasteiger partial charge >= 0.3 is 17.9 Å². The number of ether oxygens (including phenoxy) is 2. The molecule has 172 valence electrons. The van der Waals surface area contributed by atoms with E-state index in [2.05, 4.69) is 25.5 Å². The minimum Gasteiger partial charge on any atom is -0.480 e. The number of rotatable bonds is 8. The van der Waals surface area contributed by atoms with Crippen molar-refractivity contribution < 1.29 is 38.6 Å². The summed E-state index contributed by atoms with van der Waals surface area (Å²) in [4.78, 5) is 56.8. The molecule has 1 aromatic rings. The zero-order chi connectivity index (χ0) is 23.4. The Bertz CT molecular complexity index is 1010. The molecule has 0 saturated carbocycles. The highest BCUT2D eigenvalue weighted by molar-refractivity contribution is 8.00.